The van der Waals surface area contributed by atoms with Crippen molar-refractivity contribution in [1.29, 1.82) is 5.26 Å². The van der Waals surface area contributed by atoms with Gasteiger partial charge in [-0.2, -0.15) is 10.4 Å². The predicted octanol–water partition coefficient (Wildman–Crippen LogP) is 4.29. The Labute approximate surface area is 207 Å². The lowest BCUT2D eigenvalue weighted by atomic mass is 9.80. The summed E-state index contributed by atoms with van der Waals surface area (Å²) in [7, 11) is 3.09. The van der Waals surface area contributed by atoms with Crippen molar-refractivity contribution in [2.75, 3.05) is 31.7 Å². The molecule has 10 heteroatoms. The molecule has 2 aliphatic rings. The molecule has 1 saturated carbocycles. The number of aryl methyl sites for hydroxylation is 1. The number of anilines is 2. The fourth-order valence-corrected chi connectivity index (χ4v) is 5.89. The van der Waals surface area contributed by atoms with Crippen LogP contribution >= 0.6 is 11.6 Å². The monoisotopic (exact) mass is 493 g/mol. The fraction of sp³-hybridized carbons (Fsp3) is 0.360. The van der Waals surface area contributed by atoms with Gasteiger partial charge in [0.15, 0.2) is 0 Å². The molecule has 2 atom stereocenters. The number of nitrogen functional groups attached to an aromatic ring is 1. The molecule has 1 fully saturated rings. The third-order valence-corrected chi connectivity index (χ3v) is 7.52. The Kier molecular flexibility index (Phi) is 5.44. The molecule has 3 heterocycles. The number of rotatable bonds is 3. The van der Waals surface area contributed by atoms with Gasteiger partial charge >= 0.3 is 0 Å². The van der Waals surface area contributed by atoms with Crippen LogP contribution < -0.4 is 11.1 Å². The van der Waals surface area contributed by atoms with E-state index in [1.165, 1.54) is 23.2 Å². The number of nitriles is 1. The van der Waals surface area contributed by atoms with Gasteiger partial charge in [-0.1, -0.05) is 11.6 Å². The second kappa shape index (κ2) is 8.24. The highest BCUT2D eigenvalue weighted by Gasteiger charge is 2.48. The van der Waals surface area contributed by atoms with Gasteiger partial charge in [-0.3, -0.25) is 9.48 Å². The van der Waals surface area contributed by atoms with Gasteiger partial charge < -0.3 is 16.0 Å². The second-order valence-electron chi connectivity index (χ2n) is 9.56. The Morgan fingerprint density at radius 3 is 2.89 bits per heavy atom. The number of nitrogens with one attached hydrogen (secondary N) is 1. The lowest BCUT2D eigenvalue weighted by Gasteiger charge is -2.25. The Morgan fingerprint density at radius 2 is 2.17 bits per heavy atom. The number of aromatic nitrogens is 3. The third-order valence-electron chi connectivity index (χ3n) is 7.13. The van der Waals surface area contributed by atoms with Gasteiger partial charge in [0.25, 0.3) is 5.91 Å². The Hall–Kier alpha value is -3.64. The van der Waals surface area contributed by atoms with Crippen LogP contribution in [-0.2, 0) is 5.41 Å². The quantitative estimate of drug-likeness (QED) is 0.526. The summed E-state index contributed by atoms with van der Waals surface area (Å²) >= 11 is 6.97. The summed E-state index contributed by atoms with van der Waals surface area (Å²) in [5, 5.41) is 17.8. The van der Waals surface area contributed by atoms with E-state index in [1.807, 2.05) is 11.6 Å². The van der Waals surface area contributed by atoms with Crippen molar-refractivity contribution in [3.05, 3.63) is 57.8 Å². The van der Waals surface area contributed by atoms with Crippen molar-refractivity contribution < 1.29 is 9.18 Å². The van der Waals surface area contributed by atoms with Crippen LogP contribution in [0.15, 0.2) is 24.4 Å². The Bertz CT molecular complexity index is 1410. The average Bonchev–Trinajstić information content (AvgIpc) is 3.52. The minimum absolute atomic E-state index is 0.0448. The zero-order valence-electron chi connectivity index (χ0n) is 19.7. The minimum atomic E-state index is -0.720. The number of carbonyl (C=O) groups is 1. The molecule has 0 saturated heterocycles. The SMILES string of the molecule is Cc1cc(C#N)n([C@@H]2CC[C@]3(CNc4ncc(-c5ccc(N)c(C(=O)N(C)C)c5F)c(Cl)c43)C2)n1. The summed E-state index contributed by atoms with van der Waals surface area (Å²) in [5.41, 5.74) is 8.28. The molecule has 0 radical (unpaired) electrons. The van der Waals surface area contributed by atoms with Gasteiger partial charge in [0, 0.05) is 54.6 Å². The van der Waals surface area contributed by atoms with Crippen LogP contribution in [0.5, 0.6) is 0 Å². The highest BCUT2D eigenvalue weighted by molar-refractivity contribution is 6.34. The first-order chi connectivity index (χ1) is 16.7. The van der Waals surface area contributed by atoms with E-state index in [1.54, 1.807) is 20.2 Å². The Morgan fingerprint density at radius 1 is 1.40 bits per heavy atom. The van der Waals surface area contributed by atoms with Gasteiger partial charge in [0.05, 0.1) is 22.3 Å². The molecule has 1 aliphatic carbocycles. The van der Waals surface area contributed by atoms with Gasteiger partial charge in [-0.15, -0.1) is 0 Å². The van der Waals surface area contributed by atoms with E-state index in [0.29, 0.717) is 28.6 Å². The van der Waals surface area contributed by atoms with Crippen molar-refractivity contribution in [2.24, 2.45) is 0 Å². The number of hydrogen-bond donors (Lipinski definition) is 2. The maximum Gasteiger partial charge on any atom is 0.258 e. The molecule has 180 valence electrons. The Balaban J connectivity index is 1.58. The van der Waals surface area contributed by atoms with Crippen molar-refractivity contribution in [1.82, 2.24) is 19.7 Å². The van der Waals surface area contributed by atoms with Crippen LogP contribution in [-0.4, -0.2) is 46.2 Å². The van der Waals surface area contributed by atoms with Crippen LogP contribution in [0, 0.1) is 24.1 Å². The molecule has 0 unspecified atom stereocenters. The van der Waals surface area contributed by atoms with E-state index in [-0.39, 0.29) is 28.3 Å². The van der Waals surface area contributed by atoms with Crippen LogP contribution in [0.2, 0.25) is 5.02 Å². The van der Waals surface area contributed by atoms with E-state index >= 15 is 4.39 Å². The summed E-state index contributed by atoms with van der Waals surface area (Å²) in [6.45, 7) is 2.52. The normalized spacial score (nSPS) is 20.5. The maximum absolute atomic E-state index is 15.6. The predicted molar refractivity (Wildman–Crippen MR) is 132 cm³/mol. The summed E-state index contributed by atoms with van der Waals surface area (Å²) in [5.74, 6) is -0.564. The molecule has 3 N–H and O–H groups in total. The molecule has 3 aromatic rings. The molecule has 0 bridgehead atoms. The number of hydrogen-bond acceptors (Lipinski definition) is 6. The number of benzene rings is 1. The molecule has 35 heavy (non-hydrogen) atoms. The van der Waals surface area contributed by atoms with Gasteiger partial charge in [-0.25, -0.2) is 9.37 Å². The first kappa shape index (κ1) is 23.1. The van der Waals surface area contributed by atoms with Crippen LogP contribution in [0.3, 0.4) is 0 Å². The number of fused-ring (bicyclic) bond motifs is 2. The highest BCUT2D eigenvalue weighted by Crippen LogP contribution is 2.54. The smallest absolute Gasteiger partial charge is 0.258 e. The van der Waals surface area contributed by atoms with Gasteiger partial charge in [0.1, 0.15) is 23.4 Å². The van der Waals surface area contributed by atoms with Crippen LogP contribution in [0.25, 0.3) is 11.1 Å². The summed E-state index contributed by atoms with van der Waals surface area (Å²) in [6, 6.07) is 7.11. The van der Waals surface area contributed by atoms with Crippen molar-refractivity contribution in [3.8, 4) is 17.2 Å². The van der Waals surface area contributed by atoms with E-state index in [4.69, 9.17) is 17.3 Å². The molecule has 1 spiro atoms. The number of nitrogens with zero attached hydrogens (tertiary/aromatic N) is 5. The number of amides is 1. The molecule has 1 aromatic carbocycles. The van der Waals surface area contributed by atoms with E-state index in [0.717, 1.165) is 30.5 Å². The molecule has 1 aliphatic heterocycles. The summed E-state index contributed by atoms with van der Waals surface area (Å²) < 4.78 is 17.4. The van der Waals surface area contributed by atoms with Crippen molar-refractivity contribution in [2.45, 2.75) is 37.6 Å². The summed E-state index contributed by atoms with van der Waals surface area (Å²) in [6.07, 6.45) is 3.90. The van der Waals surface area contributed by atoms with Crippen LogP contribution in [0.4, 0.5) is 15.9 Å². The number of pyridine rings is 1. The molecular formula is C25H25ClFN7O. The first-order valence-electron chi connectivity index (χ1n) is 11.4. The van der Waals surface area contributed by atoms with Gasteiger partial charge in [-0.05, 0) is 44.4 Å². The lowest BCUT2D eigenvalue weighted by Crippen LogP contribution is -2.26. The number of halogens is 2. The van der Waals surface area contributed by atoms with Crippen molar-refractivity contribution >= 4 is 29.0 Å². The second-order valence-corrected chi connectivity index (χ2v) is 9.94. The van der Waals surface area contributed by atoms with E-state index in [2.05, 4.69) is 21.5 Å². The van der Waals surface area contributed by atoms with Crippen LogP contribution in [0.1, 0.15) is 52.6 Å². The molecule has 1 amide bonds. The van der Waals surface area contributed by atoms with Crippen molar-refractivity contribution in [3.63, 3.8) is 0 Å². The molecular weight excluding hydrogens is 469 g/mol. The van der Waals surface area contributed by atoms with Gasteiger partial charge in [0.2, 0.25) is 0 Å². The minimum Gasteiger partial charge on any atom is -0.398 e. The third kappa shape index (κ3) is 3.51. The molecule has 8 nitrogen and oxygen atoms in total. The largest absolute Gasteiger partial charge is 0.398 e. The molecule has 2 aromatic heterocycles. The average molecular weight is 494 g/mol. The maximum atomic E-state index is 15.6. The zero-order valence-corrected chi connectivity index (χ0v) is 20.4. The number of nitrogens with two attached hydrogens (primary N) is 1. The zero-order chi connectivity index (χ0) is 25.1. The van der Waals surface area contributed by atoms with E-state index in [9.17, 15) is 10.1 Å². The number of carbonyl (C=O) groups excluding carboxylic acids is 1. The lowest BCUT2D eigenvalue weighted by molar-refractivity contribution is 0.0824. The van der Waals surface area contributed by atoms with E-state index < -0.39 is 11.7 Å². The highest BCUT2D eigenvalue weighted by atomic mass is 35.5. The fourth-order valence-electron chi connectivity index (χ4n) is 5.45. The first-order valence-corrected chi connectivity index (χ1v) is 11.7. The molecule has 5 rings (SSSR count). The summed E-state index contributed by atoms with van der Waals surface area (Å²) in [4.78, 5) is 18.4. The topological polar surface area (TPSA) is 113 Å². The standard InChI is InChI=1S/C25H25ClFN7O/c1-13-8-15(10-28)34(32-13)14-6-7-25(9-14)12-31-23-20(25)21(26)17(11-30-23)16-4-5-18(29)19(22(16)27)24(35)33(2)3/h4-5,8,11,14H,6-7,9,12,29H2,1-3H3,(H,30,31)/t14-,25-/m1/s1.